The number of hydrogen-bond acceptors (Lipinski definition) is 4. The zero-order valence-electron chi connectivity index (χ0n) is 19.1. The summed E-state index contributed by atoms with van der Waals surface area (Å²) in [5.74, 6) is 0.620. The molecule has 4 rings (SSSR count). The van der Waals surface area contributed by atoms with Gasteiger partial charge in [-0.3, -0.25) is 14.5 Å². The molecule has 31 heavy (non-hydrogen) atoms. The van der Waals surface area contributed by atoms with Gasteiger partial charge in [-0.2, -0.15) is 0 Å². The van der Waals surface area contributed by atoms with Crippen LogP contribution in [0.25, 0.3) is 5.57 Å². The number of thiophene rings is 1. The van der Waals surface area contributed by atoms with E-state index in [9.17, 15) is 9.59 Å². The molecule has 0 atom stereocenters. The van der Waals surface area contributed by atoms with Gasteiger partial charge in [-0.1, -0.05) is 70.8 Å². The molecule has 2 amide bonds. The van der Waals surface area contributed by atoms with Crippen LogP contribution in [0.5, 0.6) is 0 Å². The van der Waals surface area contributed by atoms with Crippen LogP contribution in [0.2, 0.25) is 0 Å². The maximum atomic E-state index is 13.8. The summed E-state index contributed by atoms with van der Waals surface area (Å²) in [5.41, 5.74) is 1.35. The van der Waals surface area contributed by atoms with Gasteiger partial charge in [-0.05, 0) is 43.0 Å². The van der Waals surface area contributed by atoms with E-state index in [2.05, 4.69) is 11.8 Å². The second-order valence-corrected chi connectivity index (χ2v) is 10.7. The number of rotatable bonds is 3. The van der Waals surface area contributed by atoms with E-state index in [0.717, 1.165) is 56.5 Å². The Labute approximate surface area is 191 Å². The summed E-state index contributed by atoms with van der Waals surface area (Å²) < 4.78 is 0. The highest BCUT2D eigenvalue weighted by atomic mass is 32.1. The molecule has 2 fully saturated rings. The molecule has 3 heterocycles. The molecule has 1 aliphatic carbocycles. The summed E-state index contributed by atoms with van der Waals surface area (Å²) in [4.78, 5) is 32.4. The number of piperidine rings is 1. The van der Waals surface area contributed by atoms with Crippen LogP contribution in [-0.4, -0.2) is 40.7 Å². The molecule has 0 N–H and O–H groups in total. The lowest BCUT2D eigenvalue weighted by molar-refractivity contribution is -0.140. The van der Waals surface area contributed by atoms with Gasteiger partial charge in [-0.25, -0.2) is 0 Å². The topological polar surface area (TPSA) is 40.6 Å². The highest BCUT2D eigenvalue weighted by molar-refractivity contribution is 7.11. The fraction of sp³-hybridized carbons (Fsp3) is 0.692. The molecular formula is C26H38N2O2S. The van der Waals surface area contributed by atoms with Crippen molar-refractivity contribution in [2.45, 2.75) is 96.4 Å². The Morgan fingerprint density at radius 3 is 1.94 bits per heavy atom. The van der Waals surface area contributed by atoms with Gasteiger partial charge in [0.1, 0.15) is 5.70 Å². The average Bonchev–Trinajstić information content (AvgIpc) is 3.36. The molecule has 0 unspecified atom stereocenters. The van der Waals surface area contributed by atoms with E-state index < -0.39 is 0 Å². The second kappa shape index (κ2) is 10.8. The third-order valence-corrected chi connectivity index (χ3v) is 8.29. The van der Waals surface area contributed by atoms with Crippen molar-refractivity contribution < 1.29 is 9.59 Å². The normalized spacial score (nSPS) is 23.9. The van der Waals surface area contributed by atoms with Crippen molar-refractivity contribution in [1.82, 2.24) is 9.80 Å². The Bertz CT molecular complexity index is 765. The van der Waals surface area contributed by atoms with Crippen LogP contribution in [0.1, 0.15) is 95.3 Å². The Hall–Kier alpha value is -1.62. The maximum absolute atomic E-state index is 13.8. The maximum Gasteiger partial charge on any atom is 0.278 e. The molecule has 0 aromatic carbocycles. The largest absolute Gasteiger partial charge is 0.366 e. The summed E-state index contributed by atoms with van der Waals surface area (Å²) in [6, 6.07) is 4.04. The van der Waals surface area contributed by atoms with E-state index >= 15 is 0 Å². The minimum atomic E-state index is -0.0434. The van der Waals surface area contributed by atoms with Crippen LogP contribution in [0.3, 0.4) is 0 Å². The number of imide groups is 1. The molecule has 2 aliphatic heterocycles. The molecule has 0 spiro atoms. The Kier molecular flexibility index (Phi) is 7.86. The first-order valence-corrected chi connectivity index (χ1v) is 13.5. The number of amides is 2. The molecule has 1 saturated heterocycles. The van der Waals surface area contributed by atoms with Crippen molar-refractivity contribution in [2.24, 2.45) is 5.92 Å². The fourth-order valence-corrected chi connectivity index (χ4v) is 6.20. The van der Waals surface area contributed by atoms with Crippen molar-refractivity contribution in [3.8, 4) is 0 Å². The summed E-state index contributed by atoms with van der Waals surface area (Å²) in [6.07, 6.45) is 15.3. The number of nitrogens with zero attached hydrogens (tertiary/aromatic N) is 2. The monoisotopic (exact) mass is 442 g/mol. The zero-order valence-corrected chi connectivity index (χ0v) is 19.9. The molecule has 1 aromatic rings. The van der Waals surface area contributed by atoms with E-state index in [0.29, 0.717) is 17.2 Å². The van der Waals surface area contributed by atoms with Crippen LogP contribution in [-0.2, 0) is 9.59 Å². The van der Waals surface area contributed by atoms with Crippen LogP contribution in [0, 0.1) is 5.92 Å². The van der Waals surface area contributed by atoms with Gasteiger partial charge in [-0.15, -0.1) is 11.3 Å². The predicted octanol–water partition coefficient (Wildman–Crippen LogP) is 6.23. The molecule has 1 saturated carbocycles. The lowest BCUT2D eigenvalue weighted by Gasteiger charge is -2.33. The van der Waals surface area contributed by atoms with Gasteiger partial charge < -0.3 is 4.90 Å². The molecule has 4 nitrogen and oxygen atoms in total. The van der Waals surface area contributed by atoms with E-state index in [-0.39, 0.29) is 17.9 Å². The smallest absolute Gasteiger partial charge is 0.278 e. The van der Waals surface area contributed by atoms with Crippen LogP contribution < -0.4 is 0 Å². The van der Waals surface area contributed by atoms with Crippen LogP contribution in [0.15, 0.2) is 23.2 Å². The van der Waals surface area contributed by atoms with Gasteiger partial charge in [0.05, 0.1) is 5.57 Å². The molecule has 5 heteroatoms. The number of hydrogen-bond donors (Lipinski definition) is 0. The van der Waals surface area contributed by atoms with E-state index in [1.54, 1.807) is 16.2 Å². The molecule has 0 radical (unpaired) electrons. The van der Waals surface area contributed by atoms with Crippen molar-refractivity contribution in [2.75, 3.05) is 13.1 Å². The zero-order chi connectivity index (χ0) is 21.6. The van der Waals surface area contributed by atoms with Crippen molar-refractivity contribution in [3.63, 3.8) is 0 Å². The summed E-state index contributed by atoms with van der Waals surface area (Å²) in [6.45, 7) is 4.04. The molecule has 0 bridgehead atoms. The van der Waals surface area contributed by atoms with Crippen LogP contribution >= 0.6 is 11.3 Å². The lowest BCUT2D eigenvalue weighted by Crippen LogP contribution is -2.43. The van der Waals surface area contributed by atoms with Crippen molar-refractivity contribution in [1.29, 1.82) is 0 Å². The highest BCUT2D eigenvalue weighted by Gasteiger charge is 2.45. The summed E-state index contributed by atoms with van der Waals surface area (Å²) >= 11 is 1.58. The molecule has 3 aliphatic rings. The highest BCUT2D eigenvalue weighted by Crippen LogP contribution is 2.38. The molecule has 170 valence electrons. The summed E-state index contributed by atoms with van der Waals surface area (Å²) in [5, 5.41) is 2.01. The van der Waals surface area contributed by atoms with E-state index in [1.807, 2.05) is 17.5 Å². The van der Waals surface area contributed by atoms with Crippen LogP contribution in [0.4, 0.5) is 0 Å². The Morgan fingerprint density at radius 1 is 0.806 bits per heavy atom. The third kappa shape index (κ3) is 5.24. The Morgan fingerprint density at radius 2 is 1.39 bits per heavy atom. The second-order valence-electron chi connectivity index (χ2n) is 9.76. The minimum Gasteiger partial charge on any atom is -0.366 e. The minimum absolute atomic E-state index is 0.0277. The van der Waals surface area contributed by atoms with Crippen molar-refractivity contribution in [3.05, 3.63) is 28.1 Å². The standard InChI is InChI=1S/C26H38N2O2S/c1-20-15-17-27(18-16-20)24-23(22-14-11-19-31-22)25(29)28(26(24)30)21-12-9-7-5-3-2-4-6-8-10-13-21/h11,14,19-21H,2-10,12-13,15-18H2,1H3. The first-order chi connectivity index (χ1) is 15.2. The van der Waals surface area contributed by atoms with Gasteiger partial charge in [0.15, 0.2) is 0 Å². The fourth-order valence-electron chi connectivity index (χ4n) is 5.44. The molecular weight excluding hydrogens is 404 g/mol. The quantitative estimate of drug-likeness (QED) is 0.521. The average molecular weight is 443 g/mol. The number of carbonyl (C=O) groups excluding carboxylic acids is 2. The SMILES string of the molecule is CC1CCN(C2=C(c3cccs3)C(=O)N(C3CCCCCCCCCCC3)C2=O)CC1. The predicted molar refractivity (Wildman–Crippen MR) is 128 cm³/mol. The summed E-state index contributed by atoms with van der Waals surface area (Å²) in [7, 11) is 0. The molecule has 1 aromatic heterocycles. The van der Waals surface area contributed by atoms with E-state index in [1.165, 1.54) is 44.9 Å². The van der Waals surface area contributed by atoms with E-state index in [4.69, 9.17) is 0 Å². The third-order valence-electron chi connectivity index (χ3n) is 7.40. The first kappa shape index (κ1) is 22.6. The Balaban J connectivity index is 1.58. The van der Waals surface area contributed by atoms with Gasteiger partial charge in [0.2, 0.25) is 0 Å². The number of likely N-dealkylation sites (tertiary alicyclic amines) is 1. The van der Waals surface area contributed by atoms with Gasteiger partial charge in [0.25, 0.3) is 11.8 Å². The van der Waals surface area contributed by atoms with Gasteiger partial charge in [0, 0.05) is 24.0 Å². The van der Waals surface area contributed by atoms with Crippen molar-refractivity contribution >= 4 is 28.7 Å². The van der Waals surface area contributed by atoms with Gasteiger partial charge >= 0.3 is 0 Å². The lowest BCUT2D eigenvalue weighted by atomic mass is 9.97. The number of carbonyl (C=O) groups is 2. The first-order valence-electron chi connectivity index (χ1n) is 12.6.